The molecule has 0 atom stereocenters. The third kappa shape index (κ3) is 7.70. The predicted molar refractivity (Wildman–Crippen MR) is 99.8 cm³/mol. The van der Waals surface area contributed by atoms with Crippen LogP contribution in [0.1, 0.15) is 15.9 Å². The minimum atomic E-state index is -7.75. The van der Waals surface area contributed by atoms with Gasteiger partial charge in [-0.1, -0.05) is 12.1 Å². The first-order chi connectivity index (χ1) is 16.7. The minimum absolute atomic E-state index is 0. The summed E-state index contributed by atoms with van der Waals surface area (Å²) in [5, 5.41) is 12.9. The molecule has 39 heavy (non-hydrogen) atoms. The fourth-order valence-electron chi connectivity index (χ4n) is 3.36. The number of alkyl halides is 13. The second-order valence-electron chi connectivity index (χ2n) is 8.87. The number of quaternary nitrogens is 1. The van der Waals surface area contributed by atoms with Gasteiger partial charge in [-0.15, -0.1) is 0 Å². The van der Waals surface area contributed by atoms with E-state index in [1.54, 1.807) is 0 Å². The molecule has 1 aromatic carbocycles. The minimum Gasteiger partial charge on any atom is -0.544 e. The molecule has 0 aliphatic rings. The van der Waals surface area contributed by atoms with Gasteiger partial charge < -0.3 is 19.7 Å². The zero-order chi connectivity index (χ0) is 30.2. The number of benzene rings is 1. The van der Waals surface area contributed by atoms with Crippen LogP contribution >= 0.6 is 0 Å². The third-order valence-electron chi connectivity index (χ3n) is 5.50. The topological polar surface area (TPSA) is 69.2 Å². The summed E-state index contributed by atoms with van der Waals surface area (Å²) in [4.78, 5) is 22.8. The molecule has 1 rings (SSSR count). The average Bonchev–Trinajstić information content (AvgIpc) is 2.68. The van der Waals surface area contributed by atoms with Gasteiger partial charge in [-0.25, -0.2) is 0 Å². The van der Waals surface area contributed by atoms with Crippen molar-refractivity contribution in [2.75, 3.05) is 33.7 Å². The first-order valence-corrected chi connectivity index (χ1v) is 10.1. The fraction of sp³-hybridized carbons (Fsp3) is 0.600. The maximum atomic E-state index is 14.2. The summed E-state index contributed by atoms with van der Waals surface area (Å²) in [6.45, 7) is -0.631. The molecule has 0 saturated carbocycles. The number of rotatable bonds is 10. The van der Waals surface area contributed by atoms with Gasteiger partial charge in [-0.2, -0.15) is 57.1 Å². The number of halogens is 13. The molecule has 0 heterocycles. The Morgan fingerprint density at radius 1 is 0.769 bits per heavy atom. The Morgan fingerprint density at radius 2 is 1.21 bits per heavy atom. The predicted octanol–water partition coefficient (Wildman–Crippen LogP) is 0.733. The van der Waals surface area contributed by atoms with Crippen LogP contribution in [0.3, 0.4) is 0 Å². The molecule has 0 aliphatic heterocycles. The number of carbonyl (C=O) groups excluding carboxylic acids is 2. The number of hydrogen-bond donors (Lipinski definition) is 1. The fourth-order valence-corrected chi connectivity index (χ4v) is 3.36. The SMILES string of the molecule is C[N+](C)(CCNC(=O)c1ccc(CC(C(F)(F)F)(C(F)(F)F)C(F)(F)C(F)(F)C(F)(F)F)cc1)CC(=O)[O-].[Na+]. The van der Waals surface area contributed by atoms with Crippen LogP contribution in [0.25, 0.3) is 0 Å². The van der Waals surface area contributed by atoms with Gasteiger partial charge in [-0.05, 0) is 17.7 Å². The molecule has 0 radical (unpaired) electrons. The first kappa shape index (κ1) is 37.2. The maximum absolute atomic E-state index is 14.2. The zero-order valence-corrected chi connectivity index (χ0v) is 22.2. The van der Waals surface area contributed by atoms with Crippen molar-refractivity contribution in [2.24, 2.45) is 5.41 Å². The molecule has 0 aromatic heterocycles. The number of nitrogens with zero attached hydrogens (tertiary/aromatic N) is 1. The molecule has 1 aromatic rings. The van der Waals surface area contributed by atoms with Gasteiger partial charge in [0.05, 0.1) is 33.2 Å². The van der Waals surface area contributed by atoms with Crippen molar-refractivity contribution >= 4 is 11.9 Å². The summed E-state index contributed by atoms with van der Waals surface area (Å²) >= 11 is 0. The summed E-state index contributed by atoms with van der Waals surface area (Å²) in [7, 11) is 2.89. The molecule has 0 fully saturated rings. The van der Waals surface area contributed by atoms with Crippen molar-refractivity contribution < 1.29 is 106 Å². The van der Waals surface area contributed by atoms with Crippen molar-refractivity contribution in [3.05, 3.63) is 35.4 Å². The van der Waals surface area contributed by atoms with Gasteiger partial charge >= 0.3 is 59.9 Å². The molecular weight excluding hydrogens is 586 g/mol. The number of carboxylic acid groups (broad SMARTS) is 1. The van der Waals surface area contributed by atoms with Gasteiger partial charge in [-0.3, -0.25) is 4.79 Å². The van der Waals surface area contributed by atoms with Crippen LogP contribution in [0.4, 0.5) is 57.1 Å². The molecular formula is C20H19F13N2NaO3+. The molecule has 19 heteroatoms. The van der Waals surface area contributed by atoms with Gasteiger partial charge in [0.1, 0.15) is 6.54 Å². The van der Waals surface area contributed by atoms with E-state index >= 15 is 0 Å². The monoisotopic (exact) mass is 605 g/mol. The van der Waals surface area contributed by atoms with E-state index in [0.29, 0.717) is 12.1 Å². The molecule has 0 aliphatic carbocycles. The Balaban J connectivity index is 0.0000144. The average molecular weight is 605 g/mol. The molecule has 0 unspecified atom stereocenters. The van der Waals surface area contributed by atoms with E-state index in [2.05, 4.69) is 5.32 Å². The zero-order valence-electron chi connectivity index (χ0n) is 20.2. The summed E-state index contributed by atoms with van der Waals surface area (Å²) in [5.74, 6) is -17.9. The Bertz CT molecular complexity index is 990. The van der Waals surface area contributed by atoms with E-state index in [1.807, 2.05) is 0 Å². The summed E-state index contributed by atoms with van der Waals surface area (Å²) in [6.07, 6.45) is -25.3. The maximum Gasteiger partial charge on any atom is 1.00 e. The number of aliphatic carboxylic acids is 1. The second-order valence-corrected chi connectivity index (χ2v) is 8.87. The van der Waals surface area contributed by atoms with E-state index in [4.69, 9.17) is 0 Å². The Labute approximate surface area is 234 Å². The normalized spacial score (nSPS) is 14.0. The van der Waals surface area contributed by atoms with E-state index in [9.17, 15) is 71.8 Å². The van der Waals surface area contributed by atoms with Crippen LogP contribution in [-0.2, 0) is 11.2 Å². The van der Waals surface area contributed by atoms with Crippen molar-refractivity contribution in [3.8, 4) is 0 Å². The molecule has 5 nitrogen and oxygen atoms in total. The summed E-state index contributed by atoms with van der Waals surface area (Å²) in [6, 6.07) is 1.56. The number of hydrogen-bond acceptors (Lipinski definition) is 3. The Morgan fingerprint density at radius 3 is 1.56 bits per heavy atom. The van der Waals surface area contributed by atoms with Crippen molar-refractivity contribution in [1.29, 1.82) is 0 Å². The Hall–Kier alpha value is -1.79. The number of carboxylic acids is 1. The molecule has 0 spiro atoms. The summed E-state index contributed by atoms with van der Waals surface area (Å²) < 4.78 is 174. The largest absolute Gasteiger partial charge is 1.00 e. The van der Waals surface area contributed by atoms with Gasteiger partial charge in [0.15, 0.2) is 0 Å². The van der Waals surface area contributed by atoms with Crippen LogP contribution in [0.5, 0.6) is 0 Å². The number of likely N-dealkylation sites (N-methyl/N-ethyl adjacent to an activating group) is 1. The van der Waals surface area contributed by atoms with Crippen molar-refractivity contribution in [3.63, 3.8) is 0 Å². The van der Waals surface area contributed by atoms with Crippen molar-refractivity contribution in [1.82, 2.24) is 5.32 Å². The number of amides is 1. The van der Waals surface area contributed by atoms with Crippen molar-refractivity contribution in [2.45, 2.75) is 36.8 Å². The molecule has 1 N–H and O–H groups in total. The quantitative estimate of drug-likeness (QED) is 0.243. The number of carbonyl (C=O) groups is 2. The molecule has 0 bridgehead atoms. The third-order valence-corrected chi connectivity index (χ3v) is 5.50. The Kier molecular flexibility index (Phi) is 11.4. The smallest absolute Gasteiger partial charge is 0.544 e. The van der Waals surface area contributed by atoms with Gasteiger partial charge in [0.25, 0.3) is 5.91 Å². The standard InChI is InChI=1S/C20H19F13N2O3.Na/c1-35(2,10-13(36)37)8-7-34-14(38)12-5-3-11(4-6-12)9-15(18(25,26)27,19(28,29)30)16(21,22)17(23,24)20(31,32)33;/h3-6H,7-10H2,1-2H3,(H-,34,36,37,38);/q;+1. The van der Waals surface area contributed by atoms with Crippen LogP contribution < -0.4 is 40.0 Å². The first-order valence-electron chi connectivity index (χ1n) is 10.1. The molecule has 0 saturated heterocycles. The number of nitrogens with one attached hydrogen (secondary N) is 1. The van der Waals surface area contributed by atoms with E-state index in [0.717, 1.165) is 0 Å². The van der Waals surface area contributed by atoms with Crippen LogP contribution in [0.2, 0.25) is 0 Å². The van der Waals surface area contributed by atoms with Gasteiger partial charge in [0.2, 0.25) is 5.41 Å². The van der Waals surface area contributed by atoms with E-state index < -0.39 is 71.8 Å². The van der Waals surface area contributed by atoms with Crippen LogP contribution in [0.15, 0.2) is 24.3 Å². The van der Waals surface area contributed by atoms with Crippen LogP contribution in [0, 0.1) is 5.41 Å². The molecule has 1 amide bonds. The van der Waals surface area contributed by atoms with E-state index in [-0.39, 0.29) is 59.3 Å². The van der Waals surface area contributed by atoms with Crippen LogP contribution in [-0.4, -0.2) is 80.5 Å². The van der Waals surface area contributed by atoms with E-state index in [1.165, 1.54) is 14.1 Å². The summed E-state index contributed by atoms with van der Waals surface area (Å²) in [5.41, 5.74) is -8.73. The van der Waals surface area contributed by atoms with Gasteiger partial charge in [0, 0.05) is 12.0 Å². The second kappa shape index (κ2) is 12.0. The molecule has 218 valence electrons.